The highest BCUT2D eigenvalue weighted by atomic mass is 19.1. The molecule has 0 fully saturated rings. The third-order valence-corrected chi connectivity index (χ3v) is 2.86. The summed E-state index contributed by atoms with van der Waals surface area (Å²) < 4.78 is 12.8. The van der Waals surface area contributed by atoms with E-state index in [0.29, 0.717) is 5.56 Å². The Morgan fingerprint density at radius 2 is 1.95 bits per heavy atom. The van der Waals surface area contributed by atoms with E-state index in [0.717, 1.165) is 17.7 Å². The van der Waals surface area contributed by atoms with E-state index in [1.165, 1.54) is 12.1 Å². The van der Waals surface area contributed by atoms with Gasteiger partial charge < -0.3 is 5.32 Å². The molecule has 1 unspecified atom stereocenters. The molecule has 1 atom stereocenters. The fraction of sp³-hybridized carbons (Fsp3) is 0.188. The summed E-state index contributed by atoms with van der Waals surface area (Å²) in [7, 11) is 0. The van der Waals surface area contributed by atoms with Crippen LogP contribution in [0.2, 0.25) is 0 Å². The molecule has 2 aromatic rings. The van der Waals surface area contributed by atoms with E-state index < -0.39 is 0 Å². The minimum absolute atomic E-state index is 0.208. The number of nitrogens with one attached hydrogen (secondary N) is 1. The predicted molar refractivity (Wildman–Crippen MR) is 74.3 cm³/mol. The van der Waals surface area contributed by atoms with E-state index in [1.54, 1.807) is 18.2 Å². The second-order valence-corrected chi connectivity index (χ2v) is 4.57. The Kier molecular flexibility index (Phi) is 4.15. The van der Waals surface area contributed by atoms with E-state index in [4.69, 9.17) is 5.26 Å². The fourth-order valence-electron chi connectivity index (χ4n) is 1.99. The van der Waals surface area contributed by atoms with E-state index in [-0.39, 0.29) is 11.9 Å². The molecule has 2 nitrogen and oxygen atoms in total. The van der Waals surface area contributed by atoms with Crippen LogP contribution in [0.1, 0.15) is 18.1 Å². The molecule has 2 aromatic carbocycles. The molecule has 19 heavy (non-hydrogen) atoms. The lowest BCUT2D eigenvalue weighted by molar-refractivity contribution is 0.626. The lowest BCUT2D eigenvalue weighted by Gasteiger charge is -2.15. The molecule has 0 bridgehead atoms. The highest BCUT2D eigenvalue weighted by Crippen LogP contribution is 2.13. The molecule has 0 aliphatic heterocycles. The van der Waals surface area contributed by atoms with Crippen LogP contribution in [-0.4, -0.2) is 6.04 Å². The van der Waals surface area contributed by atoms with Crippen LogP contribution >= 0.6 is 0 Å². The second-order valence-electron chi connectivity index (χ2n) is 4.57. The van der Waals surface area contributed by atoms with Crippen LogP contribution in [0.25, 0.3) is 0 Å². The molecule has 0 aliphatic carbocycles. The molecule has 0 spiro atoms. The third kappa shape index (κ3) is 3.82. The van der Waals surface area contributed by atoms with Gasteiger partial charge in [0, 0.05) is 11.7 Å². The first-order valence-corrected chi connectivity index (χ1v) is 6.18. The smallest absolute Gasteiger partial charge is 0.123 e. The van der Waals surface area contributed by atoms with Gasteiger partial charge in [0.05, 0.1) is 11.6 Å². The number of anilines is 1. The van der Waals surface area contributed by atoms with Crippen molar-refractivity contribution in [2.75, 3.05) is 5.32 Å². The van der Waals surface area contributed by atoms with Gasteiger partial charge in [-0.1, -0.05) is 18.2 Å². The largest absolute Gasteiger partial charge is 0.382 e. The SMILES string of the molecule is CC(Cc1ccc(F)cc1)Nc1cccc(C#N)c1. The number of nitriles is 1. The Balaban J connectivity index is 1.99. The normalized spacial score (nSPS) is 11.6. The second kappa shape index (κ2) is 6.01. The van der Waals surface area contributed by atoms with Crippen molar-refractivity contribution < 1.29 is 4.39 Å². The zero-order valence-electron chi connectivity index (χ0n) is 10.7. The Morgan fingerprint density at radius 3 is 2.63 bits per heavy atom. The molecule has 0 heterocycles. The van der Waals surface area contributed by atoms with Gasteiger partial charge in [0.25, 0.3) is 0 Å². The van der Waals surface area contributed by atoms with Gasteiger partial charge in [-0.2, -0.15) is 5.26 Å². The topological polar surface area (TPSA) is 35.8 Å². The number of benzene rings is 2. The zero-order valence-corrected chi connectivity index (χ0v) is 10.7. The van der Waals surface area contributed by atoms with E-state index in [2.05, 4.69) is 18.3 Å². The van der Waals surface area contributed by atoms with Gasteiger partial charge in [0.15, 0.2) is 0 Å². The monoisotopic (exact) mass is 254 g/mol. The molecular weight excluding hydrogens is 239 g/mol. The van der Waals surface area contributed by atoms with E-state index in [1.807, 2.05) is 18.2 Å². The molecule has 3 heteroatoms. The average Bonchev–Trinajstić information content (AvgIpc) is 2.41. The highest BCUT2D eigenvalue weighted by molar-refractivity contribution is 5.49. The van der Waals surface area contributed by atoms with Crippen LogP contribution in [0.4, 0.5) is 10.1 Å². The van der Waals surface area contributed by atoms with Crippen LogP contribution in [0.15, 0.2) is 48.5 Å². The molecule has 2 rings (SSSR count). The molecular formula is C16H15FN2. The maximum Gasteiger partial charge on any atom is 0.123 e. The van der Waals surface area contributed by atoms with Crippen molar-refractivity contribution in [2.45, 2.75) is 19.4 Å². The minimum atomic E-state index is -0.217. The van der Waals surface area contributed by atoms with Gasteiger partial charge in [0.2, 0.25) is 0 Å². The molecule has 96 valence electrons. The maximum absolute atomic E-state index is 12.8. The Labute approximate surface area is 112 Å². The van der Waals surface area contributed by atoms with Crippen LogP contribution in [-0.2, 0) is 6.42 Å². The first-order chi connectivity index (χ1) is 9.17. The number of hydrogen-bond acceptors (Lipinski definition) is 2. The lowest BCUT2D eigenvalue weighted by atomic mass is 10.1. The summed E-state index contributed by atoms with van der Waals surface area (Å²) >= 11 is 0. The fourth-order valence-corrected chi connectivity index (χ4v) is 1.99. The number of rotatable bonds is 4. The average molecular weight is 254 g/mol. The van der Waals surface area contributed by atoms with E-state index >= 15 is 0 Å². The summed E-state index contributed by atoms with van der Waals surface area (Å²) in [6.07, 6.45) is 0.803. The molecule has 0 saturated carbocycles. The van der Waals surface area contributed by atoms with Crippen LogP contribution in [0.3, 0.4) is 0 Å². The van der Waals surface area contributed by atoms with Gasteiger partial charge in [-0.05, 0) is 49.2 Å². The first kappa shape index (κ1) is 13.1. The number of halogens is 1. The summed E-state index contributed by atoms with van der Waals surface area (Å²) in [5, 5.41) is 12.2. The van der Waals surface area contributed by atoms with Crippen molar-refractivity contribution >= 4 is 5.69 Å². The van der Waals surface area contributed by atoms with Crippen LogP contribution in [0, 0.1) is 17.1 Å². The maximum atomic E-state index is 12.8. The van der Waals surface area contributed by atoms with Crippen molar-refractivity contribution in [2.24, 2.45) is 0 Å². The zero-order chi connectivity index (χ0) is 13.7. The quantitative estimate of drug-likeness (QED) is 0.902. The summed E-state index contributed by atoms with van der Waals surface area (Å²) in [6, 6.07) is 16.2. The Hall–Kier alpha value is -2.34. The highest BCUT2D eigenvalue weighted by Gasteiger charge is 2.04. The Bertz CT molecular complexity index is 584. The van der Waals surface area contributed by atoms with Gasteiger partial charge in [0.1, 0.15) is 5.82 Å². The Morgan fingerprint density at radius 1 is 1.21 bits per heavy atom. The van der Waals surface area contributed by atoms with Crippen LogP contribution < -0.4 is 5.32 Å². The molecule has 0 radical (unpaired) electrons. The summed E-state index contributed by atoms with van der Waals surface area (Å²) in [5.74, 6) is -0.217. The summed E-state index contributed by atoms with van der Waals surface area (Å²) in [5.41, 5.74) is 2.64. The molecule has 0 aromatic heterocycles. The summed E-state index contributed by atoms with van der Waals surface area (Å²) in [6.45, 7) is 2.06. The van der Waals surface area contributed by atoms with E-state index in [9.17, 15) is 4.39 Å². The minimum Gasteiger partial charge on any atom is -0.382 e. The standard InChI is InChI=1S/C16H15FN2/c1-12(9-13-5-7-15(17)8-6-13)19-16-4-2-3-14(10-16)11-18/h2-8,10,12,19H,9H2,1H3. The van der Waals surface area contributed by atoms with Crippen molar-refractivity contribution in [1.82, 2.24) is 0 Å². The van der Waals surface area contributed by atoms with Crippen molar-refractivity contribution in [3.05, 3.63) is 65.5 Å². The molecule has 0 amide bonds. The van der Waals surface area contributed by atoms with Gasteiger partial charge >= 0.3 is 0 Å². The third-order valence-electron chi connectivity index (χ3n) is 2.86. The molecule has 0 aliphatic rings. The van der Waals surface area contributed by atoms with Gasteiger partial charge in [-0.3, -0.25) is 0 Å². The predicted octanol–water partition coefficient (Wildman–Crippen LogP) is 3.74. The van der Waals surface area contributed by atoms with Crippen LogP contribution in [0.5, 0.6) is 0 Å². The van der Waals surface area contributed by atoms with Gasteiger partial charge in [-0.25, -0.2) is 4.39 Å². The number of nitrogens with zero attached hydrogens (tertiary/aromatic N) is 1. The van der Waals surface area contributed by atoms with Gasteiger partial charge in [-0.15, -0.1) is 0 Å². The number of hydrogen-bond donors (Lipinski definition) is 1. The first-order valence-electron chi connectivity index (χ1n) is 6.18. The molecule has 0 saturated heterocycles. The van der Waals surface area contributed by atoms with Crippen molar-refractivity contribution in [3.8, 4) is 6.07 Å². The lowest BCUT2D eigenvalue weighted by Crippen LogP contribution is -2.18. The summed E-state index contributed by atoms with van der Waals surface area (Å²) in [4.78, 5) is 0. The van der Waals surface area contributed by atoms with Crippen molar-refractivity contribution in [1.29, 1.82) is 5.26 Å². The van der Waals surface area contributed by atoms with Crippen molar-refractivity contribution in [3.63, 3.8) is 0 Å². The molecule has 1 N–H and O–H groups in total.